The first kappa shape index (κ1) is 26.5. The molecule has 2 aromatic heterocycles. The molecular formula is C30H28N6O4. The molecule has 5 rings (SSSR count). The number of aromatic nitrogens is 3. The number of likely N-dealkylation sites (N-methyl/N-ethyl adjacent to an activating group) is 2. The molecule has 0 saturated carbocycles. The van der Waals surface area contributed by atoms with Crippen molar-refractivity contribution in [3.8, 4) is 5.88 Å². The number of hydrogen-bond acceptors (Lipinski definition) is 8. The Hall–Kier alpha value is -5.09. The monoisotopic (exact) mass is 536 g/mol. The Morgan fingerprint density at radius 1 is 0.925 bits per heavy atom. The summed E-state index contributed by atoms with van der Waals surface area (Å²) in [5, 5.41) is 11.7. The van der Waals surface area contributed by atoms with Crippen LogP contribution in [0.5, 0.6) is 5.88 Å². The first-order valence-electron chi connectivity index (χ1n) is 12.5. The van der Waals surface area contributed by atoms with Crippen LogP contribution in [0.15, 0.2) is 78.0 Å². The number of methoxy groups -OCH3 is 1. The number of benzene rings is 3. The van der Waals surface area contributed by atoms with Gasteiger partial charge in [0, 0.05) is 41.6 Å². The van der Waals surface area contributed by atoms with E-state index in [9.17, 15) is 14.7 Å². The fourth-order valence-corrected chi connectivity index (χ4v) is 4.44. The number of anilines is 1. The van der Waals surface area contributed by atoms with Crippen LogP contribution in [-0.4, -0.2) is 77.3 Å². The molecule has 0 spiro atoms. The summed E-state index contributed by atoms with van der Waals surface area (Å²) in [6, 6.07) is 17.9. The number of aromatic amines is 1. The molecule has 0 aliphatic heterocycles. The van der Waals surface area contributed by atoms with E-state index in [4.69, 9.17) is 9.73 Å². The van der Waals surface area contributed by atoms with Crippen LogP contribution in [0, 0.1) is 0 Å². The van der Waals surface area contributed by atoms with Crippen molar-refractivity contribution < 1.29 is 19.4 Å². The number of rotatable bonds is 7. The highest BCUT2D eigenvalue weighted by Gasteiger charge is 2.21. The topological polar surface area (TPSA) is 124 Å². The molecule has 0 bridgehead atoms. The maximum atomic E-state index is 12.5. The minimum absolute atomic E-state index is 0.0331. The molecule has 2 N–H and O–H groups in total. The summed E-state index contributed by atoms with van der Waals surface area (Å²) in [4.78, 5) is 44.7. The zero-order valence-corrected chi connectivity index (χ0v) is 22.5. The summed E-state index contributed by atoms with van der Waals surface area (Å²) >= 11 is 0. The van der Waals surface area contributed by atoms with E-state index in [1.54, 1.807) is 42.5 Å². The van der Waals surface area contributed by atoms with Gasteiger partial charge < -0.3 is 24.6 Å². The lowest BCUT2D eigenvalue weighted by Crippen LogP contribution is -2.34. The average molecular weight is 537 g/mol. The second-order valence-electron chi connectivity index (χ2n) is 9.53. The normalized spacial score (nSPS) is 11.8. The molecule has 0 radical (unpaired) electrons. The number of amides is 1. The Labute approximate surface area is 230 Å². The largest absolute Gasteiger partial charge is 0.494 e. The molecule has 5 aromatic rings. The van der Waals surface area contributed by atoms with Gasteiger partial charge in [-0.05, 0) is 62.6 Å². The number of esters is 1. The molecule has 0 fully saturated rings. The number of aliphatic imine (C=N–C) groups is 1. The number of carbonyl (C=O) groups is 2. The minimum Gasteiger partial charge on any atom is -0.494 e. The van der Waals surface area contributed by atoms with Crippen LogP contribution in [0.25, 0.3) is 21.9 Å². The number of ether oxygens (including phenoxy) is 1. The molecule has 0 atom stereocenters. The SMILES string of the molecule is COC(=O)c1ccc2c(C(=Nc3ccc(N(C)C(=O)CN(C)C)cc3)c3ccc4nccnc4c3)c(O)[nH]c2c1. The van der Waals surface area contributed by atoms with Gasteiger partial charge in [-0.2, -0.15) is 0 Å². The molecule has 40 heavy (non-hydrogen) atoms. The highest BCUT2D eigenvalue weighted by molar-refractivity contribution is 6.22. The number of aromatic hydroxyl groups is 1. The van der Waals surface area contributed by atoms with Crippen molar-refractivity contribution in [2.45, 2.75) is 0 Å². The fraction of sp³-hybridized carbons (Fsp3) is 0.167. The number of nitrogens with one attached hydrogen (secondary N) is 1. The average Bonchev–Trinajstić information content (AvgIpc) is 3.29. The number of H-pyrrole nitrogens is 1. The van der Waals surface area contributed by atoms with Crippen molar-refractivity contribution in [3.05, 3.63) is 89.7 Å². The summed E-state index contributed by atoms with van der Waals surface area (Å²) in [5.74, 6) is -0.608. The van der Waals surface area contributed by atoms with Gasteiger partial charge in [0.15, 0.2) is 5.88 Å². The molecule has 10 nitrogen and oxygen atoms in total. The first-order chi connectivity index (χ1) is 19.2. The Morgan fingerprint density at radius 2 is 1.62 bits per heavy atom. The Kier molecular flexibility index (Phi) is 7.26. The smallest absolute Gasteiger partial charge is 0.337 e. The van der Waals surface area contributed by atoms with Gasteiger partial charge in [-0.1, -0.05) is 12.1 Å². The van der Waals surface area contributed by atoms with E-state index in [1.807, 2.05) is 61.5 Å². The van der Waals surface area contributed by atoms with Gasteiger partial charge >= 0.3 is 5.97 Å². The van der Waals surface area contributed by atoms with E-state index in [0.717, 1.165) is 11.2 Å². The zero-order chi connectivity index (χ0) is 28.4. The summed E-state index contributed by atoms with van der Waals surface area (Å²) in [7, 11) is 6.75. The second kappa shape index (κ2) is 11.0. The summed E-state index contributed by atoms with van der Waals surface area (Å²) in [6.07, 6.45) is 3.25. The van der Waals surface area contributed by atoms with Crippen LogP contribution in [0.3, 0.4) is 0 Å². The van der Waals surface area contributed by atoms with E-state index < -0.39 is 5.97 Å². The first-order valence-corrected chi connectivity index (χ1v) is 12.5. The lowest BCUT2D eigenvalue weighted by atomic mass is 9.99. The highest BCUT2D eigenvalue weighted by Crippen LogP contribution is 2.33. The molecule has 202 valence electrons. The van der Waals surface area contributed by atoms with Gasteiger partial charge in [-0.15, -0.1) is 0 Å². The lowest BCUT2D eigenvalue weighted by Gasteiger charge is -2.19. The third-order valence-electron chi connectivity index (χ3n) is 6.48. The van der Waals surface area contributed by atoms with E-state index in [1.165, 1.54) is 7.11 Å². The predicted octanol–water partition coefficient (Wildman–Crippen LogP) is 4.30. The zero-order valence-electron chi connectivity index (χ0n) is 22.5. The molecular weight excluding hydrogens is 508 g/mol. The Morgan fingerprint density at radius 3 is 2.33 bits per heavy atom. The molecule has 0 aliphatic carbocycles. The van der Waals surface area contributed by atoms with Gasteiger partial charge in [0.25, 0.3) is 0 Å². The minimum atomic E-state index is -0.478. The van der Waals surface area contributed by atoms with Crippen molar-refractivity contribution >= 4 is 50.9 Å². The van der Waals surface area contributed by atoms with Crippen molar-refractivity contribution in [2.75, 3.05) is 39.7 Å². The van der Waals surface area contributed by atoms with Crippen molar-refractivity contribution in [2.24, 2.45) is 4.99 Å². The second-order valence-corrected chi connectivity index (χ2v) is 9.53. The Balaban J connectivity index is 1.63. The third kappa shape index (κ3) is 5.25. The third-order valence-corrected chi connectivity index (χ3v) is 6.48. The van der Waals surface area contributed by atoms with Crippen LogP contribution in [0.2, 0.25) is 0 Å². The van der Waals surface area contributed by atoms with Gasteiger partial charge in [0.05, 0.1) is 47.2 Å². The van der Waals surface area contributed by atoms with Crippen LogP contribution >= 0.6 is 0 Å². The lowest BCUT2D eigenvalue weighted by molar-refractivity contribution is -0.118. The van der Waals surface area contributed by atoms with Gasteiger partial charge in [-0.25, -0.2) is 9.79 Å². The molecule has 0 saturated heterocycles. The van der Waals surface area contributed by atoms with Crippen LogP contribution in [-0.2, 0) is 9.53 Å². The molecule has 10 heteroatoms. The van der Waals surface area contributed by atoms with Crippen LogP contribution in [0.1, 0.15) is 21.5 Å². The fourth-order valence-electron chi connectivity index (χ4n) is 4.44. The summed E-state index contributed by atoms with van der Waals surface area (Å²) in [5.41, 5.74) is 5.34. The molecule has 1 amide bonds. The predicted molar refractivity (Wildman–Crippen MR) is 155 cm³/mol. The molecule has 0 aliphatic rings. The summed E-state index contributed by atoms with van der Waals surface area (Å²) in [6.45, 7) is 0.295. The van der Waals surface area contributed by atoms with Crippen LogP contribution < -0.4 is 4.90 Å². The number of fused-ring (bicyclic) bond motifs is 2. The quantitative estimate of drug-likeness (QED) is 0.235. The van der Waals surface area contributed by atoms with Crippen LogP contribution in [0.4, 0.5) is 11.4 Å². The number of nitrogens with zero attached hydrogens (tertiary/aromatic N) is 5. The van der Waals surface area contributed by atoms with E-state index >= 15 is 0 Å². The number of hydrogen-bond donors (Lipinski definition) is 2. The molecule has 2 heterocycles. The number of carbonyl (C=O) groups excluding carboxylic acids is 2. The van der Waals surface area contributed by atoms with E-state index in [0.29, 0.717) is 51.1 Å². The maximum Gasteiger partial charge on any atom is 0.337 e. The van der Waals surface area contributed by atoms with Crippen molar-refractivity contribution in [1.29, 1.82) is 0 Å². The highest BCUT2D eigenvalue weighted by atomic mass is 16.5. The molecule has 3 aromatic carbocycles. The standard InChI is InChI=1S/C30H28N6O4/c1-35(2)17-26(37)36(3)21-9-7-20(8-10-21)33-28(18-6-12-23-25(15-18)32-14-13-31-23)27-22-11-5-19(30(39)40-4)16-24(22)34-29(27)38/h5-16,34,38H,17H2,1-4H3. The Bertz CT molecular complexity index is 1760. The van der Waals surface area contributed by atoms with Gasteiger partial charge in [-0.3, -0.25) is 14.8 Å². The van der Waals surface area contributed by atoms with E-state index in [2.05, 4.69) is 15.0 Å². The van der Waals surface area contributed by atoms with Gasteiger partial charge in [0.1, 0.15) is 0 Å². The maximum absolute atomic E-state index is 12.5. The van der Waals surface area contributed by atoms with Crippen molar-refractivity contribution in [3.63, 3.8) is 0 Å². The van der Waals surface area contributed by atoms with Crippen molar-refractivity contribution in [1.82, 2.24) is 19.9 Å². The van der Waals surface area contributed by atoms with E-state index in [-0.39, 0.29) is 11.8 Å². The van der Waals surface area contributed by atoms with Gasteiger partial charge in [0.2, 0.25) is 5.91 Å². The summed E-state index contributed by atoms with van der Waals surface area (Å²) < 4.78 is 4.84. The molecule has 0 unspecified atom stereocenters.